The highest BCUT2D eigenvalue weighted by Gasteiger charge is 2.18. The van der Waals surface area contributed by atoms with Gasteiger partial charge in [-0.05, 0) is 31.4 Å². The molecule has 1 heterocycles. The normalized spacial score (nSPS) is 16.6. The SMILES string of the molecule is CCOc1nc(Cl)nc(SC2CCCC2)n1. The smallest absolute Gasteiger partial charge is 0.321 e. The van der Waals surface area contributed by atoms with Crippen molar-refractivity contribution in [2.45, 2.75) is 43.0 Å². The van der Waals surface area contributed by atoms with Crippen LogP contribution < -0.4 is 4.74 Å². The Morgan fingerprint density at radius 3 is 2.75 bits per heavy atom. The molecule has 4 nitrogen and oxygen atoms in total. The fraction of sp³-hybridized carbons (Fsp3) is 0.700. The number of hydrogen-bond donors (Lipinski definition) is 0. The average molecular weight is 260 g/mol. The lowest BCUT2D eigenvalue weighted by Gasteiger charge is -2.08. The summed E-state index contributed by atoms with van der Waals surface area (Å²) in [5.74, 6) is 0. The van der Waals surface area contributed by atoms with Crippen molar-refractivity contribution in [2.75, 3.05) is 6.61 Å². The van der Waals surface area contributed by atoms with E-state index in [2.05, 4.69) is 15.0 Å². The van der Waals surface area contributed by atoms with Crippen LogP contribution >= 0.6 is 23.4 Å². The molecule has 1 aromatic rings. The van der Waals surface area contributed by atoms with Gasteiger partial charge in [0.25, 0.3) is 0 Å². The van der Waals surface area contributed by atoms with Crippen molar-refractivity contribution in [3.63, 3.8) is 0 Å². The van der Waals surface area contributed by atoms with Gasteiger partial charge in [-0.25, -0.2) is 0 Å². The topological polar surface area (TPSA) is 47.9 Å². The number of ether oxygens (including phenoxy) is 1. The Hall–Kier alpha value is -0.550. The van der Waals surface area contributed by atoms with E-state index in [1.807, 2.05) is 6.92 Å². The molecule has 0 unspecified atom stereocenters. The molecule has 0 saturated heterocycles. The van der Waals surface area contributed by atoms with E-state index < -0.39 is 0 Å². The summed E-state index contributed by atoms with van der Waals surface area (Å²) < 4.78 is 5.23. The van der Waals surface area contributed by atoms with Crippen molar-refractivity contribution < 1.29 is 4.74 Å². The fourth-order valence-electron chi connectivity index (χ4n) is 1.72. The standard InChI is InChI=1S/C10H14ClN3OS/c1-2-15-9-12-8(11)13-10(14-9)16-7-5-3-4-6-7/h7H,2-6H2,1H3. The molecular formula is C10H14ClN3OS. The fourth-order valence-corrected chi connectivity index (χ4v) is 3.06. The second-order valence-electron chi connectivity index (χ2n) is 3.63. The maximum absolute atomic E-state index is 5.82. The van der Waals surface area contributed by atoms with Gasteiger partial charge in [0.2, 0.25) is 5.28 Å². The van der Waals surface area contributed by atoms with Gasteiger partial charge >= 0.3 is 6.01 Å². The highest BCUT2D eigenvalue weighted by Crippen LogP contribution is 2.33. The third-order valence-corrected chi connectivity index (χ3v) is 3.78. The highest BCUT2D eigenvalue weighted by atomic mass is 35.5. The van der Waals surface area contributed by atoms with E-state index in [0.29, 0.717) is 23.0 Å². The van der Waals surface area contributed by atoms with Crippen LogP contribution in [0.25, 0.3) is 0 Å². The predicted octanol–water partition coefficient (Wildman–Crippen LogP) is 2.96. The Bertz CT molecular complexity index is 358. The van der Waals surface area contributed by atoms with Gasteiger partial charge in [-0.3, -0.25) is 0 Å². The van der Waals surface area contributed by atoms with Crippen LogP contribution in [0.15, 0.2) is 5.16 Å². The summed E-state index contributed by atoms with van der Waals surface area (Å²) in [6, 6.07) is 0.322. The van der Waals surface area contributed by atoms with Crippen molar-refractivity contribution >= 4 is 23.4 Å². The molecule has 0 aliphatic heterocycles. The van der Waals surface area contributed by atoms with Crippen molar-refractivity contribution in [3.05, 3.63) is 5.28 Å². The van der Waals surface area contributed by atoms with Crippen molar-refractivity contribution in [1.29, 1.82) is 0 Å². The van der Waals surface area contributed by atoms with Crippen molar-refractivity contribution in [2.24, 2.45) is 0 Å². The van der Waals surface area contributed by atoms with Crippen LogP contribution in [0.2, 0.25) is 5.28 Å². The Morgan fingerprint density at radius 2 is 2.06 bits per heavy atom. The summed E-state index contributed by atoms with van der Waals surface area (Å²) in [6.07, 6.45) is 5.07. The van der Waals surface area contributed by atoms with Crippen molar-refractivity contribution in [3.8, 4) is 6.01 Å². The number of aromatic nitrogens is 3. The van der Waals surface area contributed by atoms with Crippen LogP contribution in [-0.2, 0) is 0 Å². The van der Waals surface area contributed by atoms with Crippen LogP contribution in [0.4, 0.5) is 0 Å². The van der Waals surface area contributed by atoms with Crippen LogP contribution in [0, 0.1) is 0 Å². The summed E-state index contributed by atoms with van der Waals surface area (Å²) in [5, 5.41) is 1.50. The number of nitrogens with zero attached hydrogens (tertiary/aromatic N) is 3. The number of hydrogen-bond acceptors (Lipinski definition) is 5. The molecule has 1 fully saturated rings. The maximum atomic E-state index is 5.82. The maximum Gasteiger partial charge on any atom is 0.321 e. The van der Waals surface area contributed by atoms with Crippen LogP contribution in [0.3, 0.4) is 0 Å². The van der Waals surface area contributed by atoms with Gasteiger partial charge in [-0.1, -0.05) is 24.6 Å². The zero-order valence-electron chi connectivity index (χ0n) is 9.15. The molecule has 1 aliphatic rings. The summed E-state index contributed by atoms with van der Waals surface area (Å²) in [5.41, 5.74) is 0. The minimum absolute atomic E-state index is 0.207. The molecule has 88 valence electrons. The molecule has 0 amide bonds. The zero-order valence-corrected chi connectivity index (χ0v) is 10.7. The molecule has 1 aromatic heterocycles. The van der Waals surface area contributed by atoms with Crippen molar-refractivity contribution in [1.82, 2.24) is 15.0 Å². The van der Waals surface area contributed by atoms with Crippen LogP contribution in [0.5, 0.6) is 6.01 Å². The highest BCUT2D eigenvalue weighted by molar-refractivity contribution is 7.99. The lowest BCUT2D eigenvalue weighted by molar-refractivity contribution is 0.307. The summed E-state index contributed by atoms with van der Waals surface area (Å²) >= 11 is 7.49. The molecule has 0 bridgehead atoms. The quantitative estimate of drug-likeness (QED) is 0.832. The molecular weight excluding hydrogens is 246 g/mol. The van der Waals surface area contributed by atoms with Gasteiger partial charge in [0.15, 0.2) is 5.16 Å². The molecule has 0 radical (unpaired) electrons. The molecule has 16 heavy (non-hydrogen) atoms. The van der Waals surface area contributed by atoms with E-state index in [-0.39, 0.29) is 5.28 Å². The molecule has 1 aliphatic carbocycles. The third kappa shape index (κ3) is 3.22. The molecule has 0 N–H and O–H groups in total. The van der Waals surface area contributed by atoms with Crippen LogP contribution in [0.1, 0.15) is 32.6 Å². The largest absolute Gasteiger partial charge is 0.464 e. The van der Waals surface area contributed by atoms with Crippen LogP contribution in [-0.4, -0.2) is 26.8 Å². The summed E-state index contributed by atoms with van der Waals surface area (Å²) in [6.45, 7) is 2.43. The summed E-state index contributed by atoms with van der Waals surface area (Å²) in [7, 11) is 0. The Morgan fingerprint density at radius 1 is 1.31 bits per heavy atom. The average Bonchev–Trinajstić information content (AvgIpc) is 2.70. The second kappa shape index (κ2) is 5.68. The van der Waals surface area contributed by atoms with Gasteiger partial charge in [0.1, 0.15) is 0 Å². The van der Waals surface area contributed by atoms with E-state index in [9.17, 15) is 0 Å². The number of thioether (sulfide) groups is 1. The molecule has 0 aromatic carbocycles. The van der Waals surface area contributed by atoms with E-state index in [0.717, 1.165) is 0 Å². The minimum Gasteiger partial charge on any atom is -0.464 e. The molecule has 1 saturated carbocycles. The van der Waals surface area contributed by atoms with E-state index >= 15 is 0 Å². The monoisotopic (exact) mass is 259 g/mol. The molecule has 0 spiro atoms. The van der Waals surface area contributed by atoms with E-state index in [4.69, 9.17) is 16.3 Å². The lowest BCUT2D eigenvalue weighted by Crippen LogP contribution is -2.03. The molecule has 6 heteroatoms. The zero-order chi connectivity index (χ0) is 11.4. The first-order valence-corrected chi connectivity index (χ1v) is 6.74. The summed E-state index contributed by atoms with van der Waals surface area (Å²) in [4.78, 5) is 12.2. The first kappa shape index (κ1) is 11.9. The van der Waals surface area contributed by atoms with Gasteiger partial charge in [-0.2, -0.15) is 15.0 Å². The Labute approximate surface area is 104 Å². The molecule has 2 rings (SSSR count). The van der Waals surface area contributed by atoms with E-state index in [1.165, 1.54) is 25.7 Å². The van der Waals surface area contributed by atoms with Gasteiger partial charge in [0.05, 0.1) is 6.61 Å². The first-order valence-electron chi connectivity index (χ1n) is 5.49. The first-order chi connectivity index (χ1) is 7.78. The minimum atomic E-state index is 0.207. The molecule has 0 atom stereocenters. The van der Waals surface area contributed by atoms with Gasteiger partial charge in [0, 0.05) is 5.25 Å². The van der Waals surface area contributed by atoms with Gasteiger partial charge in [-0.15, -0.1) is 0 Å². The van der Waals surface area contributed by atoms with Gasteiger partial charge < -0.3 is 4.74 Å². The van der Waals surface area contributed by atoms with E-state index in [1.54, 1.807) is 11.8 Å². The Balaban J connectivity index is 2.06. The Kier molecular flexibility index (Phi) is 4.23. The number of halogens is 1. The number of rotatable bonds is 4. The predicted molar refractivity (Wildman–Crippen MR) is 64.1 cm³/mol. The second-order valence-corrected chi connectivity index (χ2v) is 5.23. The lowest BCUT2D eigenvalue weighted by atomic mass is 10.4. The third-order valence-electron chi connectivity index (χ3n) is 2.41.